The summed E-state index contributed by atoms with van der Waals surface area (Å²) >= 11 is 0. The van der Waals surface area contributed by atoms with Crippen molar-refractivity contribution in [1.29, 1.82) is 0 Å². The molecule has 0 fully saturated rings. The Morgan fingerprint density at radius 3 is 1.58 bits per heavy atom. The van der Waals surface area contributed by atoms with Crippen molar-refractivity contribution in [3.63, 3.8) is 0 Å². The minimum atomic E-state index is -1.79. The molecule has 0 aromatic heterocycles. The molecule has 1 unspecified atom stereocenters. The summed E-state index contributed by atoms with van der Waals surface area (Å²) in [5, 5.41) is 24.1. The van der Waals surface area contributed by atoms with Crippen LogP contribution in [-0.2, 0) is 9.59 Å². The molecule has 0 aliphatic carbocycles. The molecule has 0 rings (SSSR count). The SMILES string of the molecule is O=C(O)CC(O)C(=O)O.[Ca+2].[Cl-].[Cl-]. The van der Waals surface area contributed by atoms with Crippen LogP contribution in [0.2, 0.25) is 0 Å². The molecule has 0 aliphatic rings. The van der Waals surface area contributed by atoms with Gasteiger partial charge in [0.1, 0.15) is 0 Å². The van der Waals surface area contributed by atoms with Gasteiger partial charge in [-0.05, 0) is 0 Å². The maximum absolute atomic E-state index is 9.72. The Labute approximate surface area is 111 Å². The summed E-state index contributed by atoms with van der Waals surface area (Å²) in [6.07, 6.45) is -2.54. The van der Waals surface area contributed by atoms with Crippen molar-refractivity contribution < 1.29 is 49.7 Å². The Morgan fingerprint density at radius 1 is 1.17 bits per heavy atom. The van der Waals surface area contributed by atoms with E-state index in [0.29, 0.717) is 0 Å². The molecule has 0 heterocycles. The van der Waals surface area contributed by atoms with E-state index in [4.69, 9.17) is 15.3 Å². The molecular weight excluding hydrogens is 239 g/mol. The summed E-state index contributed by atoms with van der Waals surface area (Å²) in [5.41, 5.74) is 0. The van der Waals surface area contributed by atoms with Crippen LogP contribution in [-0.4, -0.2) is 71.1 Å². The third kappa shape index (κ3) is 13.3. The molecule has 0 bridgehead atoms. The predicted octanol–water partition coefficient (Wildman–Crippen LogP) is -7.47. The molecule has 0 radical (unpaired) electrons. The molecule has 5 nitrogen and oxygen atoms in total. The molecule has 68 valence electrons. The maximum atomic E-state index is 9.72. The zero-order valence-corrected chi connectivity index (χ0v) is 9.63. The second-order valence-electron chi connectivity index (χ2n) is 1.45. The first-order valence-electron chi connectivity index (χ1n) is 2.16. The number of carbonyl (C=O) groups is 2. The Kier molecular flexibility index (Phi) is 22.5. The van der Waals surface area contributed by atoms with Gasteiger partial charge >= 0.3 is 49.7 Å². The summed E-state index contributed by atoms with van der Waals surface area (Å²) in [7, 11) is 0. The number of hydrogen-bond donors (Lipinski definition) is 3. The van der Waals surface area contributed by atoms with Gasteiger partial charge in [-0.15, -0.1) is 0 Å². The largest absolute Gasteiger partial charge is 2.00 e. The second-order valence-corrected chi connectivity index (χ2v) is 1.45. The van der Waals surface area contributed by atoms with Crippen LogP contribution in [0, 0.1) is 0 Å². The summed E-state index contributed by atoms with van der Waals surface area (Å²) in [4.78, 5) is 19.4. The molecule has 0 saturated carbocycles. The van der Waals surface area contributed by atoms with E-state index in [0.717, 1.165) is 0 Å². The van der Waals surface area contributed by atoms with Crippen molar-refractivity contribution in [2.24, 2.45) is 0 Å². The second kappa shape index (κ2) is 11.7. The van der Waals surface area contributed by atoms with Crippen LogP contribution in [0.5, 0.6) is 0 Å². The quantitative estimate of drug-likeness (QED) is 0.429. The van der Waals surface area contributed by atoms with Gasteiger partial charge in [0.2, 0.25) is 0 Å². The van der Waals surface area contributed by atoms with Crippen LogP contribution < -0.4 is 24.8 Å². The normalized spacial score (nSPS) is 9.42. The van der Waals surface area contributed by atoms with E-state index in [9.17, 15) is 9.59 Å². The average Bonchev–Trinajstić information content (AvgIpc) is 1.63. The van der Waals surface area contributed by atoms with Crippen LogP contribution in [0.4, 0.5) is 0 Å². The standard InChI is InChI=1S/C4H6O5.Ca.2ClH/c5-2(4(8)9)1-3(6)7;;;/h2,5H,1H2,(H,6,7)(H,8,9);;2*1H/q;+2;;/p-2. The molecule has 0 saturated heterocycles. The van der Waals surface area contributed by atoms with Crippen molar-refractivity contribution in [3.8, 4) is 0 Å². The van der Waals surface area contributed by atoms with E-state index in [1.165, 1.54) is 0 Å². The van der Waals surface area contributed by atoms with E-state index in [1.807, 2.05) is 0 Å². The van der Waals surface area contributed by atoms with E-state index in [-0.39, 0.29) is 62.6 Å². The molecule has 1 atom stereocenters. The third-order valence-electron chi connectivity index (χ3n) is 0.653. The minimum absolute atomic E-state index is 0. The zero-order valence-electron chi connectivity index (χ0n) is 5.91. The first-order valence-corrected chi connectivity index (χ1v) is 2.16. The van der Waals surface area contributed by atoms with Crippen LogP contribution in [0.1, 0.15) is 6.42 Å². The van der Waals surface area contributed by atoms with E-state index in [1.54, 1.807) is 0 Å². The topological polar surface area (TPSA) is 94.8 Å². The van der Waals surface area contributed by atoms with Gasteiger partial charge in [0.25, 0.3) is 0 Å². The monoisotopic (exact) mass is 244 g/mol. The molecule has 0 aromatic carbocycles. The van der Waals surface area contributed by atoms with Crippen molar-refractivity contribution in [2.45, 2.75) is 12.5 Å². The number of aliphatic hydroxyl groups is 1. The summed E-state index contributed by atoms with van der Waals surface area (Å²) in [6, 6.07) is 0. The fourth-order valence-corrected chi connectivity index (χ4v) is 0.253. The minimum Gasteiger partial charge on any atom is -1.00 e. The number of hydrogen-bond acceptors (Lipinski definition) is 3. The van der Waals surface area contributed by atoms with Crippen molar-refractivity contribution in [2.75, 3.05) is 0 Å². The summed E-state index contributed by atoms with van der Waals surface area (Å²) < 4.78 is 0. The van der Waals surface area contributed by atoms with Gasteiger partial charge in [0.05, 0.1) is 6.42 Å². The van der Waals surface area contributed by atoms with Crippen molar-refractivity contribution in [3.05, 3.63) is 0 Å². The van der Waals surface area contributed by atoms with Gasteiger partial charge in [0.15, 0.2) is 6.10 Å². The van der Waals surface area contributed by atoms with Gasteiger partial charge in [0, 0.05) is 0 Å². The number of aliphatic hydroxyl groups excluding tert-OH is 1. The molecule has 0 spiro atoms. The smallest absolute Gasteiger partial charge is 1.00 e. The molecule has 0 aliphatic heterocycles. The van der Waals surface area contributed by atoms with Crippen molar-refractivity contribution >= 4 is 49.7 Å². The molecule has 0 aromatic rings. The molecule has 12 heavy (non-hydrogen) atoms. The van der Waals surface area contributed by atoms with Crippen LogP contribution in [0.25, 0.3) is 0 Å². The number of carboxylic acid groups (broad SMARTS) is 2. The zero-order chi connectivity index (χ0) is 7.44. The fraction of sp³-hybridized carbons (Fsp3) is 0.500. The van der Waals surface area contributed by atoms with Crippen LogP contribution in [0.3, 0.4) is 0 Å². The first kappa shape index (κ1) is 23.0. The molecular formula is C4H6CaCl2O5. The van der Waals surface area contributed by atoms with E-state index < -0.39 is 24.5 Å². The molecule has 8 heteroatoms. The average molecular weight is 245 g/mol. The summed E-state index contributed by atoms with van der Waals surface area (Å²) in [5.74, 6) is -2.85. The van der Waals surface area contributed by atoms with Gasteiger partial charge in [-0.1, -0.05) is 0 Å². The van der Waals surface area contributed by atoms with Crippen molar-refractivity contribution in [1.82, 2.24) is 0 Å². The summed E-state index contributed by atoms with van der Waals surface area (Å²) in [6.45, 7) is 0. The first-order chi connectivity index (χ1) is 4.04. The molecule has 0 amide bonds. The van der Waals surface area contributed by atoms with Crippen LogP contribution in [0.15, 0.2) is 0 Å². The Morgan fingerprint density at radius 2 is 1.50 bits per heavy atom. The maximum Gasteiger partial charge on any atom is 2.00 e. The fourth-order valence-electron chi connectivity index (χ4n) is 0.253. The Hall–Kier alpha value is 0.740. The Balaban J connectivity index is -0.000000107. The van der Waals surface area contributed by atoms with E-state index >= 15 is 0 Å². The van der Waals surface area contributed by atoms with Gasteiger partial charge in [-0.25, -0.2) is 4.79 Å². The Bertz CT molecular complexity index is 141. The van der Waals surface area contributed by atoms with Gasteiger partial charge in [-0.3, -0.25) is 4.79 Å². The molecule has 3 N–H and O–H groups in total. The number of carboxylic acids is 2. The van der Waals surface area contributed by atoms with Gasteiger partial charge in [-0.2, -0.15) is 0 Å². The predicted molar refractivity (Wildman–Crippen MR) is 31.6 cm³/mol. The third-order valence-corrected chi connectivity index (χ3v) is 0.653. The van der Waals surface area contributed by atoms with Gasteiger partial charge < -0.3 is 40.1 Å². The van der Waals surface area contributed by atoms with E-state index in [2.05, 4.69) is 0 Å². The number of halogens is 2. The number of aliphatic carboxylic acids is 2. The van der Waals surface area contributed by atoms with Crippen LogP contribution >= 0.6 is 0 Å². The number of rotatable bonds is 3.